The van der Waals surface area contributed by atoms with E-state index in [1.54, 1.807) is 36.4 Å². The molecule has 12 heteroatoms. The van der Waals surface area contributed by atoms with E-state index in [0.717, 1.165) is 12.1 Å². The molecule has 0 unspecified atom stereocenters. The summed E-state index contributed by atoms with van der Waals surface area (Å²) >= 11 is 11.5. The number of carbonyl (C=O) groups is 4. The van der Waals surface area contributed by atoms with Gasteiger partial charge in [-0.25, -0.2) is 8.78 Å². The van der Waals surface area contributed by atoms with Gasteiger partial charge >= 0.3 is 0 Å². The smallest absolute Gasteiger partial charge is 0.255 e. The maximum Gasteiger partial charge on any atom is 0.255 e. The summed E-state index contributed by atoms with van der Waals surface area (Å²) < 4.78 is 26.8. The lowest BCUT2D eigenvalue weighted by Crippen LogP contribution is -2.16. The second-order valence-electron chi connectivity index (χ2n) is 9.81. The first-order valence-corrected chi connectivity index (χ1v) is 14.3. The predicted molar refractivity (Wildman–Crippen MR) is 174 cm³/mol. The first-order chi connectivity index (χ1) is 22.0. The monoisotopic (exact) mass is 658 g/mol. The number of anilines is 4. The van der Waals surface area contributed by atoms with Crippen LogP contribution in [0.5, 0.6) is 0 Å². The van der Waals surface area contributed by atoms with Crippen LogP contribution in [0.2, 0.25) is 10.0 Å². The summed E-state index contributed by atoms with van der Waals surface area (Å²) in [7, 11) is 0. The Bertz CT molecular complexity index is 1850. The van der Waals surface area contributed by atoms with Crippen molar-refractivity contribution in [2.24, 2.45) is 0 Å². The normalized spacial score (nSPS) is 10.5. The third-order valence-electron chi connectivity index (χ3n) is 6.53. The predicted octanol–water partition coefficient (Wildman–Crippen LogP) is 8.28. The van der Waals surface area contributed by atoms with Gasteiger partial charge in [-0.3, -0.25) is 19.2 Å². The molecular formula is C34H22Cl2F2N4O4. The molecule has 0 radical (unpaired) electrons. The quantitative estimate of drug-likeness (QED) is 0.134. The van der Waals surface area contributed by atoms with Crippen molar-refractivity contribution in [2.75, 3.05) is 21.3 Å². The van der Waals surface area contributed by atoms with Gasteiger partial charge in [0, 0.05) is 45.0 Å². The van der Waals surface area contributed by atoms with E-state index in [-0.39, 0.29) is 32.3 Å². The highest BCUT2D eigenvalue weighted by molar-refractivity contribution is 6.31. The van der Waals surface area contributed by atoms with Crippen LogP contribution >= 0.6 is 23.2 Å². The van der Waals surface area contributed by atoms with E-state index in [1.807, 2.05) is 0 Å². The van der Waals surface area contributed by atoms with E-state index in [1.165, 1.54) is 60.7 Å². The Morgan fingerprint density at radius 3 is 1.09 bits per heavy atom. The van der Waals surface area contributed by atoms with Crippen LogP contribution in [0.25, 0.3) is 0 Å². The summed E-state index contributed by atoms with van der Waals surface area (Å²) in [6.45, 7) is 0. The molecule has 0 spiro atoms. The fourth-order valence-electron chi connectivity index (χ4n) is 4.21. The SMILES string of the molecule is O=C(Nc1cccc(C(=O)Nc2ccc(F)c(Cl)c2)c1)c1ccc(C(=O)Nc2cccc(C(=O)Nc3ccc(F)c(Cl)c3)c2)cc1. The number of hydrogen-bond donors (Lipinski definition) is 4. The second kappa shape index (κ2) is 14.0. The van der Waals surface area contributed by atoms with E-state index in [4.69, 9.17) is 23.2 Å². The van der Waals surface area contributed by atoms with E-state index in [0.29, 0.717) is 22.7 Å². The zero-order valence-corrected chi connectivity index (χ0v) is 25.0. The van der Waals surface area contributed by atoms with Crippen LogP contribution in [0.4, 0.5) is 31.5 Å². The number of amides is 4. The highest BCUT2D eigenvalue weighted by Gasteiger charge is 2.14. The molecule has 0 aliphatic heterocycles. The molecule has 0 saturated heterocycles. The Kier molecular flexibility index (Phi) is 9.70. The number of carbonyl (C=O) groups excluding carboxylic acids is 4. The molecule has 8 nitrogen and oxygen atoms in total. The van der Waals surface area contributed by atoms with Gasteiger partial charge in [0.25, 0.3) is 23.6 Å². The lowest BCUT2D eigenvalue weighted by molar-refractivity contribution is 0.101. The van der Waals surface area contributed by atoms with Crippen LogP contribution in [0, 0.1) is 11.6 Å². The van der Waals surface area contributed by atoms with Crippen molar-refractivity contribution in [3.63, 3.8) is 0 Å². The molecule has 0 saturated carbocycles. The molecule has 46 heavy (non-hydrogen) atoms. The van der Waals surface area contributed by atoms with Crippen molar-refractivity contribution in [2.45, 2.75) is 0 Å². The van der Waals surface area contributed by atoms with Crippen LogP contribution in [0.15, 0.2) is 109 Å². The molecule has 4 amide bonds. The summed E-state index contributed by atoms with van der Waals surface area (Å²) in [6, 6.07) is 25.9. The number of benzene rings is 5. The first-order valence-electron chi connectivity index (χ1n) is 13.5. The lowest BCUT2D eigenvalue weighted by atomic mass is 10.1. The molecule has 0 fully saturated rings. The van der Waals surface area contributed by atoms with Crippen LogP contribution in [0.3, 0.4) is 0 Å². The Morgan fingerprint density at radius 1 is 0.413 bits per heavy atom. The van der Waals surface area contributed by atoms with Gasteiger partial charge in [0.2, 0.25) is 0 Å². The second-order valence-corrected chi connectivity index (χ2v) is 10.6. The van der Waals surface area contributed by atoms with Gasteiger partial charge in [-0.15, -0.1) is 0 Å². The fourth-order valence-corrected chi connectivity index (χ4v) is 4.57. The van der Waals surface area contributed by atoms with E-state index >= 15 is 0 Å². The standard InChI is InChI=1S/C34H22Cl2F2N4O4/c35-27-17-25(11-13-29(27)37)41-33(45)21-3-1-5-23(15-21)39-31(43)19-7-9-20(10-8-19)32(44)40-24-6-2-4-22(16-24)34(46)42-26-12-14-30(38)28(36)18-26/h1-18H,(H,39,43)(H,40,44)(H,41,45)(H,42,46). The minimum Gasteiger partial charge on any atom is -0.322 e. The van der Waals surface area contributed by atoms with Crippen LogP contribution in [-0.4, -0.2) is 23.6 Å². The minimum absolute atomic E-state index is 0.132. The van der Waals surface area contributed by atoms with Crippen LogP contribution in [0.1, 0.15) is 41.4 Å². The fraction of sp³-hybridized carbons (Fsp3) is 0. The molecule has 5 aromatic carbocycles. The van der Waals surface area contributed by atoms with E-state index in [2.05, 4.69) is 21.3 Å². The van der Waals surface area contributed by atoms with Gasteiger partial charge in [-0.1, -0.05) is 35.3 Å². The van der Waals surface area contributed by atoms with Gasteiger partial charge in [0.1, 0.15) is 11.6 Å². The van der Waals surface area contributed by atoms with Gasteiger partial charge in [-0.2, -0.15) is 0 Å². The molecule has 0 bridgehead atoms. The van der Waals surface area contributed by atoms with Crippen molar-refractivity contribution < 1.29 is 28.0 Å². The summed E-state index contributed by atoms with van der Waals surface area (Å²) in [4.78, 5) is 51.1. The van der Waals surface area contributed by atoms with Crippen LogP contribution in [-0.2, 0) is 0 Å². The van der Waals surface area contributed by atoms with Crippen molar-refractivity contribution in [1.82, 2.24) is 0 Å². The van der Waals surface area contributed by atoms with Gasteiger partial charge in [0.05, 0.1) is 10.0 Å². The lowest BCUT2D eigenvalue weighted by Gasteiger charge is -2.10. The van der Waals surface area contributed by atoms with Crippen molar-refractivity contribution in [3.05, 3.63) is 153 Å². The molecule has 0 atom stereocenters. The van der Waals surface area contributed by atoms with E-state index < -0.39 is 35.3 Å². The maximum atomic E-state index is 13.4. The Balaban J connectivity index is 1.18. The number of rotatable bonds is 8. The molecule has 230 valence electrons. The third-order valence-corrected chi connectivity index (χ3v) is 7.11. The summed E-state index contributed by atoms with van der Waals surface area (Å²) in [5.41, 5.74) is 2.31. The van der Waals surface area contributed by atoms with Crippen LogP contribution < -0.4 is 21.3 Å². The molecule has 0 aliphatic rings. The molecule has 0 aliphatic carbocycles. The first kappa shape index (κ1) is 31.8. The molecule has 0 heterocycles. The van der Waals surface area contributed by atoms with Gasteiger partial charge in [-0.05, 0) is 97.1 Å². The third kappa shape index (κ3) is 7.92. The van der Waals surface area contributed by atoms with Gasteiger partial charge < -0.3 is 21.3 Å². The van der Waals surface area contributed by atoms with Gasteiger partial charge in [0.15, 0.2) is 0 Å². The van der Waals surface area contributed by atoms with E-state index in [9.17, 15) is 28.0 Å². The number of hydrogen-bond acceptors (Lipinski definition) is 4. The molecular weight excluding hydrogens is 637 g/mol. The molecule has 5 rings (SSSR count). The zero-order chi connectivity index (χ0) is 32.8. The molecule has 4 N–H and O–H groups in total. The molecule has 0 aromatic heterocycles. The molecule has 5 aromatic rings. The summed E-state index contributed by atoms with van der Waals surface area (Å²) in [5.74, 6) is -3.15. The minimum atomic E-state index is -0.610. The highest BCUT2D eigenvalue weighted by Crippen LogP contribution is 2.22. The average molecular weight is 659 g/mol. The highest BCUT2D eigenvalue weighted by atomic mass is 35.5. The Morgan fingerprint density at radius 2 is 0.739 bits per heavy atom. The largest absolute Gasteiger partial charge is 0.322 e. The zero-order valence-electron chi connectivity index (χ0n) is 23.5. The van der Waals surface area contributed by atoms with Crippen molar-refractivity contribution in [3.8, 4) is 0 Å². The average Bonchev–Trinajstić information content (AvgIpc) is 3.05. The Hall–Kier alpha value is -5.58. The van der Waals surface area contributed by atoms with Crippen molar-refractivity contribution >= 4 is 69.6 Å². The number of halogens is 4. The summed E-state index contributed by atoms with van der Waals surface area (Å²) in [6.07, 6.45) is 0. The number of nitrogens with one attached hydrogen (secondary N) is 4. The van der Waals surface area contributed by atoms with Crippen molar-refractivity contribution in [1.29, 1.82) is 0 Å². The maximum absolute atomic E-state index is 13.4. The topological polar surface area (TPSA) is 116 Å². The Labute approximate surface area is 271 Å². The summed E-state index contributed by atoms with van der Waals surface area (Å²) in [5, 5.41) is 10.4.